The third kappa shape index (κ3) is 3.34. The van der Waals surface area contributed by atoms with Crippen LogP contribution in [0, 0.1) is 20.8 Å². The van der Waals surface area contributed by atoms with Gasteiger partial charge >= 0.3 is 0 Å². The van der Waals surface area contributed by atoms with Gasteiger partial charge < -0.3 is 4.42 Å². The van der Waals surface area contributed by atoms with Crippen LogP contribution in [-0.4, -0.2) is 5.91 Å². The molecule has 0 saturated heterocycles. The van der Waals surface area contributed by atoms with Crippen molar-refractivity contribution in [3.63, 3.8) is 0 Å². The number of carbonyl (C=O) groups excluding carboxylic acids is 1. The zero-order valence-electron chi connectivity index (χ0n) is 16.0. The van der Waals surface area contributed by atoms with Crippen LogP contribution < -0.4 is 4.90 Å². The number of nitrogens with zero attached hydrogens (tertiary/aromatic N) is 1. The van der Waals surface area contributed by atoms with Crippen molar-refractivity contribution in [3.05, 3.63) is 86.3 Å². The minimum absolute atomic E-state index is 0.188. The Morgan fingerprint density at radius 1 is 1.11 bits per heavy atom. The van der Waals surface area contributed by atoms with Crippen LogP contribution in [-0.2, 0) is 6.54 Å². The molecule has 0 radical (unpaired) electrons. The van der Waals surface area contributed by atoms with E-state index >= 15 is 0 Å². The minimum atomic E-state index is -0.188. The average Bonchev–Trinajstić information content (AvgIpc) is 3.27. The number of carbonyl (C=O) groups is 1. The number of halogens is 1. The molecule has 3 nitrogen and oxygen atoms in total. The summed E-state index contributed by atoms with van der Waals surface area (Å²) in [6.45, 7) is 6.45. The number of furan rings is 1. The Kier molecular flexibility index (Phi) is 5.00. The molecule has 1 amide bonds. The summed E-state index contributed by atoms with van der Waals surface area (Å²) in [4.78, 5) is 16.4. The Morgan fingerprint density at radius 3 is 2.61 bits per heavy atom. The summed E-state index contributed by atoms with van der Waals surface area (Å²) in [5.41, 5.74) is 4.50. The molecule has 28 heavy (non-hydrogen) atoms. The van der Waals surface area contributed by atoms with E-state index in [1.807, 2.05) is 62.5 Å². The molecular formula is C23H20ClNO2S. The molecule has 0 aliphatic rings. The van der Waals surface area contributed by atoms with Crippen LogP contribution in [0.25, 0.3) is 11.0 Å². The molecule has 0 fully saturated rings. The predicted molar refractivity (Wildman–Crippen MR) is 117 cm³/mol. The van der Waals surface area contributed by atoms with Gasteiger partial charge in [-0.25, -0.2) is 0 Å². The molecule has 2 aromatic carbocycles. The maximum Gasteiger partial charge on any atom is 0.294 e. The van der Waals surface area contributed by atoms with Gasteiger partial charge in [0.1, 0.15) is 5.58 Å². The minimum Gasteiger partial charge on any atom is -0.451 e. The number of amides is 1. The Bertz CT molecular complexity index is 1160. The van der Waals surface area contributed by atoms with E-state index in [1.54, 1.807) is 22.3 Å². The normalized spacial score (nSPS) is 11.1. The molecule has 4 aromatic rings. The van der Waals surface area contributed by atoms with Gasteiger partial charge in [0.05, 0.1) is 17.3 Å². The van der Waals surface area contributed by atoms with E-state index in [9.17, 15) is 4.79 Å². The van der Waals surface area contributed by atoms with Gasteiger partial charge in [0.2, 0.25) is 0 Å². The van der Waals surface area contributed by atoms with Crippen molar-refractivity contribution in [2.75, 3.05) is 4.90 Å². The van der Waals surface area contributed by atoms with Crippen LogP contribution in [0.1, 0.15) is 32.1 Å². The third-order valence-electron chi connectivity index (χ3n) is 4.85. The maximum absolute atomic E-state index is 13.6. The first-order valence-corrected chi connectivity index (χ1v) is 10.3. The van der Waals surface area contributed by atoms with E-state index in [-0.39, 0.29) is 5.91 Å². The van der Waals surface area contributed by atoms with Crippen molar-refractivity contribution in [1.29, 1.82) is 0 Å². The first kappa shape index (κ1) is 18.8. The highest BCUT2D eigenvalue weighted by Crippen LogP contribution is 2.33. The van der Waals surface area contributed by atoms with Crippen molar-refractivity contribution < 1.29 is 9.21 Å². The number of hydrogen-bond acceptors (Lipinski definition) is 3. The lowest BCUT2D eigenvalue weighted by molar-refractivity contribution is 0.0960. The molecule has 0 aliphatic heterocycles. The second kappa shape index (κ2) is 7.46. The number of rotatable bonds is 4. The molecule has 0 atom stereocenters. The van der Waals surface area contributed by atoms with Crippen LogP contribution in [0.2, 0.25) is 5.02 Å². The SMILES string of the molecule is Cc1cc(C)c2c(C)c(C(=O)N(Cc3cccs3)c3ccccc3Cl)oc2c1. The van der Waals surface area contributed by atoms with Crippen LogP contribution in [0.15, 0.2) is 58.3 Å². The Morgan fingerprint density at radius 2 is 1.89 bits per heavy atom. The van der Waals surface area contributed by atoms with Crippen molar-refractivity contribution in [1.82, 2.24) is 0 Å². The lowest BCUT2D eigenvalue weighted by Crippen LogP contribution is -2.30. The molecule has 2 aromatic heterocycles. The molecule has 0 N–H and O–H groups in total. The molecule has 0 spiro atoms. The second-order valence-electron chi connectivity index (χ2n) is 6.93. The number of aryl methyl sites for hydroxylation is 3. The molecular weight excluding hydrogens is 390 g/mol. The van der Waals surface area contributed by atoms with Gasteiger partial charge in [-0.05, 0) is 61.5 Å². The van der Waals surface area contributed by atoms with Gasteiger partial charge in [-0.3, -0.25) is 9.69 Å². The monoisotopic (exact) mass is 409 g/mol. The largest absolute Gasteiger partial charge is 0.451 e. The zero-order chi connectivity index (χ0) is 19.8. The van der Waals surface area contributed by atoms with E-state index < -0.39 is 0 Å². The molecule has 2 heterocycles. The molecule has 5 heteroatoms. The number of fused-ring (bicyclic) bond motifs is 1. The number of thiophene rings is 1. The highest BCUT2D eigenvalue weighted by atomic mass is 35.5. The van der Waals surface area contributed by atoms with Crippen LogP contribution in [0.4, 0.5) is 5.69 Å². The third-order valence-corrected chi connectivity index (χ3v) is 6.03. The molecule has 0 aliphatic carbocycles. The highest BCUT2D eigenvalue weighted by Gasteiger charge is 2.27. The van der Waals surface area contributed by atoms with Crippen molar-refractivity contribution in [2.45, 2.75) is 27.3 Å². The summed E-state index contributed by atoms with van der Waals surface area (Å²) in [6.07, 6.45) is 0. The quantitative estimate of drug-likeness (QED) is 0.366. The summed E-state index contributed by atoms with van der Waals surface area (Å²) in [5.74, 6) is 0.174. The first-order valence-electron chi connectivity index (χ1n) is 9.05. The second-order valence-corrected chi connectivity index (χ2v) is 8.37. The van der Waals surface area contributed by atoms with E-state index in [0.717, 1.165) is 32.5 Å². The van der Waals surface area contributed by atoms with Gasteiger partial charge in [0, 0.05) is 15.8 Å². The van der Waals surface area contributed by atoms with Crippen molar-refractivity contribution in [3.8, 4) is 0 Å². The number of anilines is 1. The van der Waals surface area contributed by atoms with E-state index in [2.05, 4.69) is 6.07 Å². The van der Waals surface area contributed by atoms with E-state index in [4.69, 9.17) is 16.0 Å². The van der Waals surface area contributed by atoms with Gasteiger partial charge in [-0.1, -0.05) is 35.9 Å². The van der Waals surface area contributed by atoms with E-state index in [1.165, 1.54) is 0 Å². The molecule has 0 bridgehead atoms. The summed E-state index contributed by atoms with van der Waals surface area (Å²) < 4.78 is 6.05. The lowest BCUT2D eigenvalue weighted by Gasteiger charge is -2.22. The first-order chi connectivity index (χ1) is 13.5. The van der Waals surface area contributed by atoms with Crippen LogP contribution >= 0.6 is 22.9 Å². The fraction of sp³-hybridized carbons (Fsp3) is 0.174. The fourth-order valence-electron chi connectivity index (χ4n) is 3.61. The Labute approximate surface area is 173 Å². The smallest absolute Gasteiger partial charge is 0.294 e. The summed E-state index contributed by atoms with van der Waals surface area (Å²) in [5, 5.41) is 3.54. The predicted octanol–water partition coefficient (Wildman–Crippen LogP) is 6.92. The van der Waals surface area contributed by atoms with Crippen LogP contribution in [0.3, 0.4) is 0 Å². The van der Waals surface area contributed by atoms with E-state index in [0.29, 0.717) is 23.0 Å². The summed E-state index contributed by atoms with van der Waals surface area (Å²) in [6, 6.07) is 15.5. The molecule has 4 rings (SSSR count). The lowest BCUT2D eigenvalue weighted by atomic mass is 10.0. The standard InChI is InChI=1S/C23H20ClNO2S/c1-14-11-15(2)21-16(3)22(27-20(21)12-14)23(26)25(13-17-7-6-10-28-17)19-9-5-4-8-18(19)24/h4-12H,13H2,1-3H3. The van der Waals surface area contributed by atoms with Crippen LogP contribution in [0.5, 0.6) is 0 Å². The fourth-order valence-corrected chi connectivity index (χ4v) is 4.54. The average molecular weight is 410 g/mol. The van der Waals surface area contributed by atoms with Gasteiger partial charge in [-0.2, -0.15) is 0 Å². The zero-order valence-corrected chi connectivity index (χ0v) is 17.5. The van der Waals surface area contributed by atoms with Gasteiger partial charge in [0.15, 0.2) is 5.76 Å². The topological polar surface area (TPSA) is 33.5 Å². The number of para-hydroxylation sites is 1. The molecule has 0 unspecified atom stereocenters. The Hall–Kier alpha value is -2.56. The summed E-state index contributed by atoms with van der Waals surface area (Å²) in [7, 11) is 0. The summed E-state index contributed by atoms with van der Waals surface area (Å²) >= 11 is 8.04. The van der Waals surface area contributed by atoms with Crippen molar-refractivity contribution >= 4 is 45.5 Å². The number of hydrogen-bond donors (Lipinski definition) is 0. The maximum atomic E-state index is 13.6. The molecule has 0 saturated carbocycles. The Balaban J connectivity index is 1.84. The van der Waals surface area contributed by atoms with Crippen molar-refractivity contribution in [2.24, 2.45) is 0 Å². The van der Waals surface area contributed by atoms with Gasteiger partial charge in [-0.15, -0.1) is 11.3 Å². The number of benzene rings is 2. The molecule has 142 valence electrons. The highest BCUT2D eigenvalue weighted by molar-refractivity contribution is 7.09. The van der Waals surface area contributed by atoms with Gasteiger partial charge in [0.25, 0.3) is 5.91 Å².